The van der Waals surface area contributed by atoms with Gasteiger partial charge >= 0.3 is 0 Å². The Hall–Kier alpha value is -0.0700. The molecule has 15 heavy (non-hydrogen) atoms. The molecule has 78 valence electrons. The molecule has 0 amide bonds. The van der Waals surface area contributed by atoms with Crippen LogP contribution < -0.4 is 0 Å². The van der Waals surface area contributed by atoms with Crippen LogP contribution in [0, 0.1) is 3.57 Å². The van der Waals surface area contributed by atoms with Crippen LogP contribution in [-0.4, -0.2) is 9.78 Å². The first-order valence-corrected chi connectivity index (χ1v) is 6.84. The first-order chi connectivity index (χ1) is 7.22. The maximum atomic E-state index is 6.11. The van der Waals surface area contributed by atoms with Crippen molar-refractivity contribution in [2.24, 2.45) is 0 Å². The molecule has 2 rings (SSSR count). The zero-order chi connectivity index (χ0) is 10.8. The van der Waals surface area contributed by atoms with Gasteiger partial charge in [0.1, 0.15) is 0 Å². The van der Waals surface area contributed by atoms with Crippen molar-refractivity contribution >= 4 is 50.1 Å². The molecule has 0 aliphatic carbocycles. The second-order valence-electron chi connectivity index (χ2n) is 2.97. The number of rotatable bonds is 2. The number of benzene rings is 1. The molecule has 0 radical (unpaired) electrons. The first kappa shape index (κ1) is 11.4. The van der Waals surface area contributed by atoms with Crippen molar-refractivity contribution in [2.75, 3.05) is 0 Å². The van der Waals surface area contributed by atoms with Crippen molar-refractivity contribution < 1.29 is 0 Å². The highest BCUT2D eigenvalue weighted by atomic mass is 127. The fourth-order valence-corrected chi connectivity index (χ4v) is 2.70. The SMILES string of the molecule is Clc1cccc(-n2cc(I)cn2)c1CBr. The topological polar surface area (TPSA) is 17.8 Å². The highest BCUT2D eigenvalue weighted by Crippen LogP contribution is 2.25. The van der Waals surface area contributed by atoms with Gasteiger partial charge in [-0.2, -0.15) is 5.10 Å². The summed E-state index contributed by atoms with van der Waals surface area (Å²) in [5.74, 6) is 0. The molecule has 0 saturated carbocycles. The summed E-state index contributed by atoms with van der Waals surface area (Å²) in [5.41, 5.74) is 2.07. The van der Waals surface area contributed by atoms with Crippen LogP contribution in [0.15, 0.2) is 30.6 Å². The molecule has 0 bridgehead atoms. The van der Waals surface area contributed by atoms with Crippen LogP contribution in [0.2, 0.25) is 5.02 Å². The Morgan fingerprint density at radius 2 is 2.27 bits per heavy atom. The van der Waals surface area contributed by atoms with Crippen molar-refractivity contribution in [3.05, 3.63) is 44.7 Å². The lowest BCUT2D eigenvalue weighted by molar-refractivity contribution is 0.872. The van der Waals surface area contributed by atoms with E-state index in [1.54, 1.807) is 0 Å². The first-order valence-electron chi connectivity index (χ1n) is 4.26. The van der Waals surface area contributed by atoms with E-state index in [1.165, 1.54) is 0 Å². The van der Waals surface area contributed by atoms with Crippen molar-refractivity contribution in [1.29, 1.82) is 0 Å². The zero-order valence-electron chi connectivity index (χ0n) is 7.62. The summed E-state index contributed by atoms with van der Waals surface area (Å²) in [7, 11) is 0. The summed E-state index contributed by atoms with van der Waals surface area (Å²) >= 11 is 11.8. The van der Waals surface area contributed by atoms with Crippen molar-refractivity contribution in [1.82, 2.24) is 9.78 Å². The quantitative estimate of drug-likeness (QED) is 0.553. The predicted molar refractivity (Wildman–Crippen MR) is 73.9 cm³/mol. The van der Waals surface area contributed by atoms with E-state index in [0.717, 1.165) is 25.2 Å². The summed E-state index contributed by atoms with van der Waals surface area (Å²) < 4.78 is 2.94. The molecule has 0 spiro atoms. The molecule has 0 aliphatic heterocycles. The van der Waals surface area contributed by atoms with Gasteiger partial charge in [-0.25, -0.2) is 4.68 Å². The molecule has 1 heterocycles. The van der Waals surface area contributed by atoms with Crippen molar-refractivity contribution in [3.63, 3.8) is 0 Å². The minimum Gasteiger partial charge on any atom is -0.240 e. The number of nitrogens with zero attached hydrogens (tertiary/aromatic N) is 2. The monoisotopic (exact) mass is 396 g/mol. The number of alkyl halides is 1. The van der Waals surface area contributed by atoms with E-state index >= 15 is 0 Å². The van der Waals surface area contributed by atoms with Gasteiger partial charge in [0.05, 0.1) is 15.5 Å². The van der Waals surface area contributed by atoms with Crippen LogP contribution in [0.3, 0.4) is 0 Å². The Morgan fingerprint density at radius 3 is 2.87 bits per heavy atom. The Bertz CT molecular complexity index is 484. The lowest BCUT2D eigenvalue weighted by Gasteiger charge is -2.08. The number of hydrogen-bond donors (Lipinski definition) is 0. The molecule has 1 aromatic heterocycles. The van der Waals surface area contributed by atoms with Gasteiger partial charge in [-0.15, -0.1) is 0 Å². The average Bonchev–Trinajstić information content (AvgIpc) is 2.64. The average molecular weight is 397 g/mol. The second kappa shape index (κ2) is 4.84. The van der Waals surface area contributed by atoms with E-state index in [0.29, 0.717) is 0 Å². The third kappa shape index (κ3) is 2.37. The van der Waals surface area contributed by atoms with E-state index in [4.69, 9.17) is 11.6 Å². The summed E-state index contributed by atoms with van der Waals surface area (Å²) in [4.78, 5) is 0. The molecule has 2 aromatic rings. The number of hydrogen-bond acceptors (Lipinski definition) is 1. The summed E-state index contributed by atoms with van der Waals surface area (Å²) in [5, 5.41) is 5.75. The highest BCUT2D eigenvalue weighted by molar-refractivity contribution is 14.1. The molecule has 0 unspecified atom stereocenters. The van der Waals surface area contributed by atoms with Gasteiger partial charge in [-0.1, -0.05) is 33.6 Å². The van der Waals surface area contributed by atoms with E-state index < -0.39 is 0 Å². The maximum absolute atomic E-state index is 6.11. The Labute approximate surface area is 115 Å². The van der Waals surface area contributed by atoms with Gasteiger partial charge in [0, 0.05) is 22.1 Å². The van der Waals surface area contributed by atoms with Crippen LogP contribution in [0.4, 0.5) is 0 Å². The van der Waals surface area contributed by atoms with Crippen LogP contribution in [0.25, 0.3) is 5.69 Å². The van der Waals surface area contributed by atoms with Crippen LogP contribution in [-0.2, 0) is 5.33 Å². The van der Waals surface area contributed by atoms with E-state index in [-0.39, 0.29) is 0 Å². The lowest BCUT2D eigenvalue weighted by Crippen LogP contribution is -1.99. The minimum atomic E-state index is 0.721. The lowest BCUT2D eigenvalue weighted by atomic mass is 10.2. The largest absolute Gasteiger partial charge is 0.240 e. The molecular weight excluding hydrogens is 390 g/mol. The van der Waals surface area contributed by atoms with E-state index in [2.05, 4.69) is 43.6 Å². The Kier molecular flexibility index (Phi) is 3.69. The molecule has 5 heteroatoms. The van der Waals surface area contributed by atoms with Gasteiger partial charge < -0.3 is 0 Å². The van der Waals surface area contributed by atoms with Crippen LogP contribution >= 0.6 is 50.1 Å². The standard InChI is InChI=1S/C10H7BrClIN2/c11-4-8-9(12)2-1-3-10(8)15-6-7(13)5-14-15/h1-3,5-6H,4H2. The minimum absolute atomic E-state index is 0.721. The molecule has 0 fully saturated rings. The Balaban J connectivity index is 2.57. The highest BCUT2D eigenvalue weighted by Gasteiger charge is 2.08. The van der Waals surface area contributed by atoms with Crippen LogP contribution in [0.1, 0.15) is 5.56 Å². The molecule has 0 atom stereocenters. The van der Waals surface area contributed by atoms with Gasteiger partial charge in [0.15, 0.2) is 0 Å². The van der Waals surface area contributed by atoms with Gasteiger partial charge in [-0.3, -0.25) is 0 Å². The summed E-state index contributed by atoms with van der Waals surface area (Å²) in [6.07, 6.45) is 3.79. The zero-order valence-corrected chi connectivity index (χ0v) is 12.1. The molecule has 0 saturated heterocycles. The van der Waals surface area contributed by atoms with Gasteiger partial charge in [-0.05, 0) is 34.7 Å². The summed E-state index contributed by atoms with van der Waals surface area (Å²) in [6.45, 7) is 0. The molecule has 0 N–H and O–H groups in total. The normalized spacial score (nSPS) is 10.6. The van der Waals surface area contributed by atoms with Gasteiger partial charge in [0.25, 0.3) is 0 Å². The van der Waals surface area contributed by atoms with E-state index in [1.807, 2.05) is 35.3 Å². The maximum Gasteiger partial charge on any atom is 0.0701 e. The molecule has 0 aliphatic rings. The second-order valence-corrected chi connectivity index (χ2v) is 5.19. The molecule has 2 nitrogen and oxygen atoms in total. The third-order valence-electron chi connectivity index (χ3n) is 2.03. The smallest absolute Gasteiger partial charge is 0.0701 e. The van der Waals surface area contributed by atoms with Crippen molar-refractivity contribution in [3.8, 4) is 5.69 Å². The van der Waals surface area contributed by atoms with E-state index in [9.17, 15) is 0 Å². The van der Waals surface area contributed by atoms with Crippen molar-refractivity contribution in [2.45, 2.75) is 5.33 Å². The Morgan fingerprint density at radius 1 is 1.47 bits per heavy atom. The van der Waals surface area contributed by atoms with Gasteiger partial charge in [0.2, 0.25) is 0 Å². The van der Waals surface area contributed by atoms with Crippen LogP contribution in [0.5, 0.6) is 0 Å². The molecular formula is C10H7BrClIN2. The summed E-state index contributed by atoms with van der Waals surface area (Å²) in [6, 6.07) is 5.82. The predicted octanol–water partition coefficient (Wildman–Crippen LogP) is 4.03. The fourth-order valence-electron chi connectivity index (χ4n) is 1.33. The number of halogens is 3. The fraction of sp³-hybridized carbons (Fsp3) is 0.100. The third-order valence-corrected chi connectivity index (χ3v) is 3.50. The number of aromatic nitrogens is 2. The molecule has 1 aromatic carbocycles.